The van der Waals surface area contributed by atoms with Gasteiger partial charge in [-0.15, -0.1) is 5.10 Å². The average Bonchev–Trinajstić information content (AvgIpc) is 2.47. The van der Waals surface area contributed by atoms with E-state index >= 15 is 0 Å². The Morgan fingerprint density at radius 3 is 2.86 bits per heavy atom. The minimum absolute atomic E-state index is 0.353. The van der Waals surface area contributed by atoms with E-state index in [9.17, 15) is 4.79 Å². The van der Waals surface area contributed by atoms with Gasteiger partial charge < -0.3 is 4.74 Å². The van der Waals surface area contributed by atoms with Gasteiger partial charge in [0.2, 0.25) is 0 Å². The molecule has 0 unspecified atom stereocenters. The lowest BCUT2D eigenvalue weighted by Crippen LogP contribution is -2.20. The van der Waals surface area contributed by atoms with E-state index in [1.165, 1.54) is 6.42 Å². The molecule has 1 aliphatic rings. The topological polar surface area (TPSA) is 57.0 Å². The summed E-state index contributed by atoms with van der Waals surface area (Å²) in [6.07, 6.45) is 4.10. The fraction of sp³-hybridized carbons (Fsp3) is 0.667. The van der Waals surface area contributed by atoms with Crippen LogP contribution in [0.4, 0.5) is 0 Å². The lowest BCUT2D eigenvalue weighted by Gasteiger charge is -2.27. The predicted molar refractivity (Wildman–Crippen MR) is 49.5 cm³/mol. The molecule has 76 valence electrons. The van der Waals surface area contributed by atoms with Gasteiger partial charge in [-0.05, 0) is 26.2 Å². The summed E-state index contributed by atoms with van der Waals surface area (Å²) >= 11 is 0. The molecule has 0 spiro atoms. The van der Waals surface area contributed by atoms with E-state index in [-0.39, 0.29) is 0 Å². The van der Waals surface area contributed by atoms with Crippen LogP contribution in [0.25, 0.3) is 0 Å². The standard InChI is InChI=1S/C9H13N3O2/c1-2-14-9-11-10-8(6-13)12(9)7-4-3-5-7/h6-7H,2-5H2,1H3. The van der Waals surface area contributed by atoms with Crippen LogP contribution in [0.3, 0.4) is 0 Å². The van der Waals surface area contributed by atoms with Crippen LogP contribution in [0.15, 0.2) is 0 Å². The van der Waals surface area contributed by atoms with Gasteiger partial charge in [-0.25, -0.2) is 0 Å². The highest BCUT2D eigenvalue weighted by molar-refractivity contribution is 5.69. The smallest absolute Gasteiger partial charge is 0.317 e. The van der Waals surface area contributed by atoms with Gasteiger partial charge >= 0.3 is 6.01 Å². The molecule has 2 rings (SSSR count). The van der Waals surface area contributed by atoms with Crippen LogP contribution in [-0.2, 0) is 0 Å². The van der Waals surface area contributed by atoms with Crippen molar-refractivity contribution in [3.05, 3.63) is 5.82 Å². The lowest BCUT2D eigenvalue weighted by molar-refractivity contribution is 0.110. The number of carbonyl (C=O) groups is 1. The molecule has 1 aromatic heterocycles. The van der Waals surface area contributed by atoms with Crippen molar-refractivity contribution in [1.82, 2.24) is 14.8 Å². The van der Waals surface area contributed by atoms with Crippen molar-refractivity contribution >= 4 is 6.29 Å². The highest BCUT2D eigenvalue weighted by atomic mass is 16.5. The quantitative estimate of drug-likeness (QED) is 0.678. The van der Waals surface area contributed by atoms with Crippen LogP contribution in [0, 0.1) is 0 Å². The number of nitrogens with zero attached hydrogens (tertiary/aromatic N) is 3. The molecule has 0 atom stereocenters. The van der Waals surface area contributed by atoms with Gasteiger partial charge in [0.15, 0.2) is 12.1 Å². The minimum atomic E-state index is 0.353. The fourth-order valence-electron chi connectivity index (χ4n) is 1.58. The maximum atomic E-state index is 10.7. The summed E-state index contributed by atoms with van der Waals surface area (Å²) < 4.78 is 7.11. The molecule has 5 nitrogen and oxygen atoms in total. The molecule has 1 aliphatic carbocycles. The number of hydrogen-bond acceptors (Lipinski definition) is 4. The van der Waals surface area contributed by atoms with Crippen LogP contribution in [0.2, 0.25) is 0 Å². The molecule has 5 heteroatoms. The third kappa shape index (κ3) is 1.38. The first-order chi connectivity index (χ1) is 6.86. The summed E-state index contributed by atoms with van der Waals surface area (Å²) in [5.41, 5.74) is 0. The summed E-state index contributed by atoms with van der Waals surface area (Å²) in [5, 5.41) is 7.62. The van der Waals surface area contributed by atoms with E-state index < -0.39 is 0 Å². The molecule has 0 N–H and O–H groups in total. The van der Waals surface area contributed by atoms with Crippen molar-refractivity contribution in [3.8, 4) is 6.01 Å². The Balaban J connectivity index is 2.29. The van der Waals surface area contributed by atoms with Gasteiger partial charge in [0.25, 0.3) is 0 Å². The molecule has 1 fully saturated rings. The van der Waals surface area contributed by atoms with E-state index in [2.05, 4.69) is 10.2 Å². The zero-order chi connectivity index (χ0) is 9.97. The number of hydrogen-bond donors (Lipinski definition) is 0. The monoisotopic (exact) mass is 195 g/mol. The molecule has 14 heavy (non-hydrogen) atoms. The van der Waals surface area contributed by atoms with Crippen LogP contribution in [0.5, 0.6) is 6.01 Å². The molecule has 0 amide bonds. The molecular formula is C9H13N3O2. The molecule has 0 aliphatic heterocycles. The first kappa shape index (κ1) is 9.18. The van der Waals surface area contributed by atoms with Crippen molar-refractivity contribution in [2.45, 2.75) is 32.2 Å². The van der Waals surface area contributed by atoms with Crippen molar-refractivity contribution in [2.75, 3.05) is 6.61 Å². The summed E-state index contributed by atoms with van der Waals surface area (Å²) in [7, 11) is 0. The Bertz CT molecular complexity index is 331. The van der Waals surface area contributed by atoms with Crippen molar-refractivity contribution in [2.24, 2.45) is 0 Å². The molecule has 0 saturated heterocycles. The zero-order valence-electron chi connectivity index (χ0n) is 8.14. The molecular weight excluding hydrogens is 182 g/mol. The normalized spacial score (nSPS) is 16.4. The van der Waals surface area contributed by atoms with Gasteiger partial charge in [-0.1, -0.05) is 5.10 Å². The van der Waals surface area contributed by atoms with Crippen molar-refractivity contribution in [3.63, 3.8) is 0 Å². The Hall–Kier alpha value is -1.39. The van der Waals surface area contributed by atoms with Gasteiger partial charge in [0, 0.05) is 6.04 Å². The number of carbonyl (C=O) groups excluding carboxylic acids is 1. The first-order valence-electron chi connectivity index (χ1n) is 4.89. The van der Waals surface area contributed by atoms with Gasteiger partial charge in [0.05, 0.1) is 6.61 Å². The summed E-state index contributed by atoms with van der Waals surface area (Å²) in [4.78, 5) is 10.7. The highest BCUT2D eigenvalue weighted by Crippen LogP contribution is 2.34. The lowest BCUT2D eigenvalue weighted by atomic mass is 9.93. The molecule has 1 aromatic rings. The van der Waals surface area contributed by atoms with Crippen molar-refractivity contribution in [1.29, 1.82) is 0 Å². The molecule has 1 saturated carbocycles. The summed E-state index contributed by atoms with van der Waals surface area (Å²) in [5.74, 6) is 0.373. The fourth-order valence-corrected chi connectivity index (χ4v) is 1.58. The largest absolute Gasteiger partial charge is 0.464 e. The predicted octanol–water partition coefficient (Wildman–Crippen LogP) is 1.21. The third-order valence-corrected chi connectivity index (χ3v) is 2.51. The molecule has 0 aromatic carbocycles. The second-order valence-corrected chi connectivity index (χ2v) is 3.35. The average molecular weight is 195 g/mol. The van der Waals surface area contributed by atoms with Crippen molar-refractivity contribution < 1.29 is 9.53 Å². The summed E-state index contributed by atoms with van der Waals surface area (Å²) in [6.45, 7) is 2.43. The number of aldehydes is 1. The molecule has 0 bridgehead atoms. The van der Waals surface area contributed by atoms with E-state index in [0.29, 0.717) is 24.5 Å². The Labute approximate surface area is 82.1 Å². The molecule has 0 radical (unpaired) electrons. The van der Waals surface area contributed by atoms with E-state index in [4.69, 9.17) is 4.74 Å². The number of aromatic nitrogens is 3. The van der Waals surface area contributed by atoms with Gasteiger partial charge in [-0.2, -0.15) is 0 Å². The van der Waals surface area contributed by atoms with Crippen LogP contribution in [-0.4, -0.2) is 27.7 Å². The van der Waals surface area contributed by atoms with Gasteiger partial charge in [-0.3, -0.25) is 9.36 Å². The van der Waals surface area contributed by atoms with E-state index in [0.717, 1.165) is 19.1 Å². The van der Waals surface area contributed by atoms with E-state index in [1.54, 1.807) is 4.57 Å². The maximum Gasteiger partial charge on any atom is 0.317 e. The summed E-state index contributed by atoms with van der Waals surface area (Å²) in [6, 6.07) is 0.825. The minimum Gasteiger partial charge on any atom is -0.464 e. The third-order valence-electron chi connectivity index (χ3n) is 2.51. The second kappa shape index (κ2) is 3.77. The number of rotatable bonds is 4. The second-order valence-electron chi connectivity index (χ2n) is 3.35. The zero-order valence-corrected chi connectivity index (χ0v) is 8.14. The van der Waals surface area contributed by atoms with Gasteiger partial charge in [0.1, 0.15) is 0 Å². The highest BCUT2D eigenvalue weighted by Gasteiger charge is 2.26. The molecule has 1 heterocycles. The van der Waals surface area contributed by atoms with Crippen LogP contribution >= 0.6 is 0 Å². The Kier molecular flexibility index (Phi) is 2.47. The van der Waals surface area contributed by atoms with Crippen LogP contribution < -0.4 is 4.74 Å². The van der Waals surface area contributed by atoms with E-state index in [1.807, 2.05) is 6.92 Å². The Morgan fingerprint density at radius 2 is 2.36 bits per heavy atom. The number of ether oxygens (including phenoxy) is 1. The SMILES string of the molecule is CCOc1nnc(C=O)n1C1CCC1. The first-order valence-corrected chi connectivity index (χ1v) is 4.89. The Morgan fingerprint density at radius 1 is 1.57 bits per heavy atom. The maximum absolute atomic E-state index is 10.7. The van der Waals surface area contributed by atoms with Crippen LogP contribution in [0.1, 0.15) is 42.8 Å².